The number of benzene rings is 2. The van der Waals surface area contributed by atoms with Gasteiger partial charge < -0.3 is 10.2 Å². The van der Waals surface area contributed by atoms with Gasteiger partial charge in [0.05, 0.1) is 17.2 Å². The van der Waals surface area contributed by atoms with E-state index in [4.69, 9.17) is 0 Å². The number of amides is 2. The third-order valence-electron chi connectivity index (χ3n) is 4.73. The third kappa shape index (κ3) is 3.79. The lowest BCUT2D eigenvalue weighted by Crippen LogP contribution is -2.27. The van der Waals surface area contributed by atoms with Crippen molar-refractivity contribution in [2.24, 2.45) is 0 Å². The summed E-state index contributed by atoms with van der Waals surface area (Å²) in [5.41, 5.74) is 3.35. The fraction of sp³-hybridized carbons (Fsp3) is 0.238. The molecular formula is C21H20N4O2. The number of rotatable bonds is 4. The van der Waals surface area contributed by atoms with E-state index in [0.29, 0.717) is 17.6 Å². The lowest BCUT2D eigenvalue weighted by atomic mass is 10.1. The standard InChI is InChI=1S/C21H20N4O2/c26-20(19-14-22-17-5-1-2-6-18(17)24-19)23-13-15-7-9-16(10-8-15)21(27)25-11-3-4-12-25/h1-2,5-10,14H,3-4,11-13H2,(H,23,26). The molecule has 2 amide bonds. The van der Waals surface area contributed by atoms with Crippen LogP contribution in [0.5, 0.6) is 0 Å². The van der Waals surface area contributed by atoms with Gasteiger partial charge in [-0.2, -0.15) is 0 Å². The number of carbonyl (C=O) groups is 2. The minimum atomic E-state index is -0.273. The first-order chi connectivity index (χ1) is 13.2. The Labute approximate surface area is 157 Å². The Morgan fingerprint density at radius 3 is 2.41 bits per heavy atom. The van der Waals surface area contributed by atoms with Crippen LogP contribution >= 0.6 is 0 Å². The maximum atomic E-state index is 12.4. The summed E-state index contributed by atoms with van der Waals surface area (Å²) < 4.78 is 0. The molecule has 6 heteroatoms. The number of hydrogen-bond acceptors (Lipinski definition) is 4. The highest BCUT2D eigenvalue weighted by atomic mass is 16.2. The minimum absolute atomic E-state index is 0.0783. The molecule has 1 aliphatic heterocycles. The van der Waals surface area contributed by atoms with Crippen molar-refractivity contribution in [1.29, 1.82) is 0 Å². The lowest BCUT2D eigenvalue weighted by molar-refractivity contribution is 0.0792. The average Bonchev–Trinajstić information content (AvgIpc) is 3.26. The SMILES string of the molecule is O=C(NCc1ccc(C(=O)N2CCCC2)cc1)c1cnc2ccccc2n1. The van der Waals surface area contributed by atoms with E-state index in [2.05, 4.69) is 15.3 Å². The van der Waals surface area contributed by atoms with Crippen LogP contribution in [0.2, 0.25) is 0 Å². The van der Waals surface area contributed by atoms with Crippen molar-refractivity contribution < 1.29 is 9.59 Å². The number of hydrogen-bond donors (Lipinski definition) is 1. The van der Waals surface area contributed by atoms with Crippen LogP contribution < -0.4 is 5.32 Å². The fourth-order valence-electron chi connectivity index (χ4n) is 3.21. The Morgan fingerprint density at radius 2 is 1.67 bits per heavy atom. The van der Waals surface area contributed by atoms with Crippen LogP contribution in [-0.4, -0.2) is 39.8 Å². The molecular weight excluding hydrogens is 340 g/mol. The van der Waals surface area contributed by atoms with Gasteiger partial charge in [0.15, 0.2) is 0 Å². The number of aromatic nitrogens is 2. The molecule has 1 saturated heterocycles. The summed E-state index contributed by atoms with van der Waals surface area (Å²) in [5.74, 6) is -0.194. The zero-order chi connectivity index (χ0) is 18.6. The maximum absolute atomic E-state index is 12.4. The van der Waals surface area contributed by atoms with Crippen LogP contribution in [0.15, 0.2) is 54.7 Å². The van der Waals surface area contributed by atoms with Crippen molar-refractivity contribution in [3.8, 4) is 0 Å². The molecule has 27 heavy (non-hydrogen) atoms. The van der Waals surface area contributed by atoms with Gasteiger partial charge in [0.2, 0.25) is 0 Å². The van der Waals surface area contributed by atoms with Gasteiger partial charge in [-0.25, -0.2) is 4.98 Å². The Balaban J connectivity index is 1.38. The van der Waals surface area contributed by atoms with E-state index in [1.54, 1.807) is 0 Å². The number of para-hydroxylation sites is 2. The van der Waals surface area contributed by atoms with Crippen LogP contribution in [0.25, 0.3) is 11.0 Å². The Morgan fingerprint density at radius 1 is 0.963 bits per heavy atom. The first kappa shape index (κ1) is 17.1. The highest BCUT2D eigenvalue weighted by Crippen LogP contribution is 2.14. The molecule has 2 heterocycles. The molecule has 1 fully saturated rings. The van der Waals surface area contributed by atoms with Crippen LogP contribution in [0.1, 0.15) is 39.3 Å². The Kier molecular flexibility index (Phi) is 4.78. The van der Waals surface area contributed by atoms with Gasteiger partial charge in [0.25, 0.3) is 11.8 Å². The van der Waals surface area contributed by atoms with E-state index in [1.165, 1.54) is 6.20 Å². The number of likely N-dealkylation sites (tertiary alicyclic amines) is 1. The number of nitrogens with one attached hydrogen (secondary N) is 1. The van der Waals surface area contributed by atoms with E-state index >= 15 is 0 Å². The molecule has 3 aromatic rings. The number of nitrogens with zero attached hydrogens (tertiary/aromatic N) is 3. The minimum Gasteiger partial charge on any atom is -0.347 e. The predicted octanol–water partition coefficient (Wildman–Crippen LogP) is 2.80. The third-order valence-corrected chi connectivity index (χ3v) is 4.73. The smallest absolute Gasteiger partial charge is 0.271 e. The van der Waals surface area contributed by atoms with Gasteiger partial charge in [0, 0.05) is 25.2 Å². The molecule has 0 spiro atoms. The molecule has 0 saturated carbocycles. The first-order valence-corrected chi connectivity index (χ1v) is 9.09. The van der Waals surface area contributed by atoms with Gasteiger partial charge in [0.1, 0.15) is 5.69 Å². The van der Waals surface area contributed by atoms with Crippen LogP contribution in [0.3, 0.4) is 0 Å². The molecule has 0 radical (unpaired) electrons. The van der Waals surface area contributed by atoms with E-state index in [9.17, 15) is 9.59 Å². The molecule has 136 valence electrons. The summed E-state index contributed by atoms with van der Waals surface area (Å²) in [7, 11) is 0. The molecule has 1 aromatic heterocycles. The van der Waals surface area contributed by atoms with Gasteiger partial charge in [-0.15, -0.1) is 0 Å². The molecule has 1 aliphatic rings. The van der Waals surface area contributed by atoms with Crippen molar-refractivity contribution in [1.82, 2.24) is 20.2 Å². The van der Waals surface area contributed by atoms with Crippen LogP contribution in [0, 0.1) is 0 Å². The summed E-state index contributed by atoms with van der Waals surface area (Å²) in [6, 6.07) is 14.8. The van der Waals surface area contributed by atoms with E-state index in [0.717, 1.165) is 37.0 Å². The van der Waals surface area contributed by atoms with E-state index in [-0.39, 0.29) is 17.5 Å². The van der Waals surface area contributed by atoms with Crippen molar-refractivity contribution in [2.75, 3.05) is 13.1 Å². The van der Waals surface area contributed by atoms with Crippen LogP contribution in [-0.2, 0) is 6.54 Å². The molecule has 0 aliphatic carbocycles. The summed E-state index contributed by atoms with van der Waals surface area (Å²) in [6.45, 7) is 2.04. The predicted molar refractivity (Wildman–Crippen MR) is 102 cm³/mol. The summed E-state index contributed by atoms with van der Waals surface area (Å²) >= 11 is 0. The highest BCUT2D eigenvalue weighted by molar-refractivity contribution is 5.95. The van der Waals surface area contributed by atoms with Gasteiger partial charge in [-0.1, -0.05) is 24.3 Å². The summed E-state index contributed by atoms with van der Waals surface area (Å²) in [5, 5.41) is 2.85. The zero-order valence-electron chi connectivity index (χ0n) is 14.9. The molecule has 0 bridgehead atoms. The second-order valence-electron chi connectivity index (χ2n) is 6.62. The molecule has 4 rings (SSSR count). The highest BCUT2D eigenvalue weighted by Gasteiger charge is 2.19. The Hall–Kier alpha value is -3.28. The topological polar surface area (TPSA) is 75.2 Å². The first-order valence-electron chi connectivity index (χ1n) is 9.09. The van der Waals surface area contributed by atoms with Crippen LogP contribution in [0.4, 0.5) is 0 Å². The lowest BCUT2D eigenvalue weighted by Gasteiger charge is -2.15. The van der Waals surface area contributed by atoms with Crippen molar-refractivity contribution in [3.05, 3.63) is 71.5 Å². The molecule has 1 N–H and O–H groups in total. The average molecular weight is 360 g/mol. The number of carbonyl (C=O) groups excluding carboxylic acids is 2. The Bertz CT molecular complexity index is 979. The molecule has 0 atom stereocenters. The van der Waals surface area contributed by atoms with E-state index < -0.39 is 0 Å². The van der Waals surface area contributed by atoms with Crippen molar-refractivity contribution in [3.63, 3.8) is 0 Å². The quantitative estimate of drug-likeness (QED) is 0.776. The fourth-order valence-corrected chi connectivity index (χ4v) is 3.21. The summed E-state index contributed by atoms with van der Waals surface area (Å²) in [6.07, 6.45) is 3.64. The molecule has 2 aromatic carbocycles. The molecule has 6 nitrogen and oxygen atoms in total. The summed E-state index contributed by atoms with van der Waals surface area (Å²) in [4.78, 5) is 35.2. The van der Waals surface area contributed by atoms with Gasteiger partial charge >= 0.3 is 0 Å². The van der Waals surface area contributed by atoms with Crippen molar-refractivity contribution in [2.45, 2.75) is 19.4 Å². The largest absolute Gasteiger partial charge is 0.347 e. The monoisotopic (exact) mass is 360 g/mol. The second-order valence-corrected chi connectivity index (χ2v) is 6.62. The van der Waals surface area contributed by atoms with Gasteiger partial charge in [-0.3, -0.25) is 14.6 Å². The maximum Gasteiger partial charge on any atom is 0.271 e. The normalized spacial score (nSPS) is 13.7. The van der Waals surface area contributed by atoms with E-state index in [1.807, 2.05) is 53.4 Å². The van der Waals surface area contributed by atoms with Gasteiger partial charge in [-0.05, 0) is 42.7 Å². The zero-order valence-corrected chi connectivity index (χ0v) is 14.9. The second kappa shape index (κ2) is 7.53. The number of fused-ring (bicyclic) bond motifs is 1. The molecule has 0 unspecified atom stereocenters. The van der Waals surface area contributed by atoms with Crippen molar-refractivity contribution >= 4 is 22.8 Å².